The maximum Gasteiger partial charge on any atom is 0.336 e. The molecule has 3 aromatic rings. The van der Waals surface area contributed by atoms with Gasteiger partial charge in [0, 0.05) is 29.3 Å². The molecule has 40 heavy (non-hydrogen) atoms. The summed E-state index contributed by atoms with van der Waals surface area (Å²) in [7, 11) is 0. The Hall–Kier alpha value is -4.32. The molecule has 6 heteroatoms. The van der Waals surface area contributed by atoms with E-state index in [1.165, 1.54) is 0 Å². The van der Waals surface area contributed by atoms with Crippen LogP contribution in [0.25, 0.3) is 0 Å². The lowest BCUT2D eigenvalue weighted by Gasteiger charge is -2.36. The molecule has 0 spiro atoms. The molecule has 2 atom stereocenters. The molecule has 0 radical (unpaired) electrons. The Balaban J connectivity index is 1.41. The number of dihydropyridines is 1. The average Bonchev–Trinajstić information content (AvgIpc) is 2.98. The van der Waals surface area contributed by atoms with Crippen LogP contribution < -0.4 is 14.8 Å². The third-order valence-electron chi connectivity index (χ3n) is 7.33. The van der Waals surface area contributed by atoms with Gasteiger partial charge >= 0.3 is 5.97 Å². The molecule has 0 saturated carbocycles. The van der Waals surface area contributed by atoms with E-state index in [1.807, 2.05) is 79.7 Å². The topological polar surface area (TPSA) is 73.9 Å². The first-order chi connectivity index (χ1) is 19.5. The Kier molecular flexibility index (Phi) is 8.65. The second-order valence-electron chi connectivity index (χ2n) is 10.1. The van der Waals surface area contributed by atoms with Gasteiger partial charge in [-0.3, -0.25) is 4.79 Å². The normalized spacial score (nSPS) is 18.6. The minimum Gasteiger partial charge on any atom is -0.494 e. The number of hydrogen-bond acceptors (Lipinski definition) is 6. The number of carbonyl (C=O) groups excluding carboxylic acids is 2. The van der Waals surface area contributed by atoms with Crippen LogP contribution in [0.3, 0.4) is 0 Å². The highest BCUT2D eigenvalue weighted by Gasteiger charge is 2.41. The minimum absolute atomic E-state index is 0.0455. The van der Waals surface area contributed by atoms with Gasteiger partial charge < -0.3 is 19.5 Å². The minimum atomic E-state index is -0.525. The van der Waals surface area contributed by atoms with E-state index in [2.05, 4.69) is 24.4 Å². The molecule has 1 heterocycles. The van der Waals surface area contributed by atoms with Gasteiger partial charge in [-0.15, -0.1) is 0 Å². The number of esters is 1. The first-order valence-electron chi connectivity index (χ1n) is 13.9. The number of ether oxygens (including phenoxy) is 3. The van der Waals surface area contributed by atoms with Crippen molar-refractivity contribution in [3.05, 3.63) is 119 Å². The first-order valence-corrected chi connectivity index (χ1v) is 13.9. The van der Waals surface area contributed by atoms with E-state index in [1.54, 1.807) is 0 Å². The standard InChI is InChI=1S/C34H35NO5/c1-3-18-38-28-16-14-25(15-17-28)32-31(34(37)40-20-19-39-27-12-8-5-9-13-27)23(2)35-29-21-26(22-30(36)33(29)32)24-10-6-4-7-11-24/h4-17,26,32,35H,3,18-22H2,1-2H3/t26-,32+/m0/s1. The lowest BCUT2D eigenvalue weighted by Crippen LogP contribution is -2.36. The van der Waals surface area contributed by atoms with Crippen molar-refractivity contribution in [3.8, 4) is 11.5 Å². The summed E-state index contributed by atoms with van der Waals surface area (Å²) in [5, 5.41) is 3.42. The summed E-state index contributed by atoms with van der Waals surface area (Å²) in [4.78, 5) is 27.3. The van der Waals surface area contributed by atoms with E-state index in [0.717, 1.165) is 29.0 Å². The van der Waals surface area contributed by atoms with Crippen LogP contribution in [0.15, 0.2) is 107 Å². The van der Waals surface area contributed by atoms with Gasteiger partial charge in [-0.1, -0.05) is 67.6 Å². The van der Waals surface area contributed by atoms with Crippen molar-refractivity contribution in [3.63, 3.8) is 0 Å². The molecule has 0 bridgehead atoms. The van der Waals surface area contributed by atoms with Gasteiger partial charge in [0.05, 0.1) is 12.2 Å². The molecule has 3 aromatic carbocycles. The van der Waals surface area contributed by atoms with Crippen molar-refractivity contribution in [1.82, 2.24) is 5.32 Å². The number of hydrogen-bond donors (Lipinski definition) is 1. The maximum absolute atomic E-state index is 13.8. The number of allylic oxidation sites excluding steroid dienone is 3. The highest BCUT2D eigenvalue weighted by Crippen LogP contribution is 2.45. The van der Waals surface area contributed by atoms with E-state index in [0.29, 0.717) is 42.0 Å². The molecule has 5 rings (SSSR count). The van der Waals surface area contributed by atoms with Crippen LogP contribution in [-0.2, 0) is 14.3 Å². The number of Topliss-reactive ketones (excluding diaryl/α,β-unsaturated/α-hetero) is 1. The first kappa shape index (κ1) is 27.3. The quantitative estimate of drug-likeness (QED) is 0.236. The molecular formula is C34H35NO5. The van der Waals surface area contributed by atoms with Gasteiger partial charge in [-0.25, -0.2) is 4.79 Å². The molecule has 0 aromatic heterocycles. The van der Waals surface area contributed by atoms with Gasteiger partial charge in [-0.05, 0) is 61.1 Å². The van der Waals surface area contributed by atoms with E-state index >= 15 is 0 Å². The second-order valence-corrected chi connectivity index (χ2v) is 10.1. The Morgan fingerprint density at radius 3 is 2.15 bits per heavy atom. The molecule has 206 valence electrons. The molecule has 1 aliphatic heterocycles. The SMILES string of the molecule is CCCOc1ccc([C@@H]2C(C(=O)OCCOc3ccccc3)=C(C)NC3=C2C(=O)C[C@@H](c2ccccc2)C3)cc1. The van der Waals surface area contributed by atoms with E-state index in [9.17, 15) is 9.59 Å². The van der Waals surface area contributed by atoms with Crippen molar-refractivity contribution in [2.24, 2.45) is 0 Å². The summed E-state index contributed by atoms with van der Waals surface area (Å²) < 4.78 is 17.2. The smallest absolute Gasteiger partial charge is 0.336 e. The van der Waals surface area contributed by atoms with Crippen LogP contribution in [0.1, 0.15) is 56.1 Å². The predicted molar refractivity (Wildman–Crippen MR) is 154 cm³/mol. The Morgan fingerprint density at radius 1 is 0.800 bits per heavy atom. The van der Waals surface area contributed by atoms with E-state index < -0.39 is 11.9 Å². The summed E-state index contributed by atoms with van der Waals surface area (Å²) in [5.74, 6) is 0.625. The molecule has 1 aliphatic carbocycles. The number of ketones is 1. The summed E-state index contributed by atoms with van der Waals surface area (Å²) >= 11 is 0. The zero-order chi connectivity index (χ0) is 27.9. The largest absolute Gasteiger partial charge is 0.494 e. The van der Waals surface area contributed by atoms with Crippen LogP contribution >= 0.6 is 0 Å². The zero-order valence-electron chi connectivity index (χ0n) is 23.0. The lowest BCUT2D eigenvalue weighted by atomic mass is 9.72. The van der Waals surface area contributed by atoms with Crippen LogP contribution in [0.5, 0.6) is 11.5 Å². The molecule has 0 saturated heterocycles. The molecule has 0 fully saturated rings. The molecule has 0 unspecified atom stereocenters. The average molecular weight is 538 g/mol. The van der Waals surface area contributed by atoms with Gasteiger partial charge in [-0.2, -0.15) is 0 Å². The lowest BCUT2D eigenvalue weighted by molar-refractivity contribution is -0.140. The van der Waals surface area contributed by atoms with Gasteiger partial charge in [0.1, 0.15) is 24.7 Å². The summed E-state index contributed by atoms with van der Waals surface area (Å²) in [6, 6.07) is 27.2. The number of carbonyl (C=O) groups is 2. The van der Waals surface area contributed by atoms with Crippen molar-refractivity contribution in [2.45, 2.75) is 44.9 Å². The van der Waals surface area contributed by atoms with Gasteiger partial charge in [0.15, 0.2) is 5.78 Å². The Morgan fingerprint density at radius 2 is 1.45 bits per heavy atom. The molecule has 6 nitrogen and oxygen atoms in total. The van der Waals surface area contributed by atoms with Crippen LogP contribution in [0.2, 0.25) is 0 Å². The van der Waals surface area contributed by atoms with Crippen molar-refractivity contribution in [2.75, 3.05) is 19.8 Å². The Labute approximate surface area is 235 Å². The number of nitrogens with one attached hydrogen (secondary N) is 1. The summed E-state index contributed by atoms with van der Waals surface area (Å²) in [6.45, 7) is 4.89. The van der Waals surface area contributed by atoms with Gasteiger partial charge in [0.2, 0.25) is 0 Å². The molecular weight excluding hydrogens is 502 g/mol. The highest BCUT2D eigenvalue weighted by atomic mass is 16.6. The third kappa shape index (κ3) is 6.12. The van der Waals surface area contributed by atoms with Crippen molar-refractivity contribution in [1.29, 1.82) is 0 Å². The van der Waals surface area contributed by atoms with Crippen LogP contribution in [-0.4, -0.2) is 31.6 Å². The predicted octanol–water partition coefficient (Wildman–Crippen LogP) is 6.46. The fraction of sp³-hybridized carbons (Fsp3) is 0.294. The molecule has 0 amide bonds. The highest BCUT2D eigenvalue weighted by molar-refractivity contribution is 6.04. The summed E-state index contributed by atoms with van der Waals surface area (Å²) in [5.41, 5.74) is 4.67. The zero-order valence-corrected chi connectivity index (χ0v) is 23.0. The maximum atomic E-state index is 13.8. The Bertz CT molecular complexity index is 1390. The number of para-hydroxylation sites is 1. The third-order valence-corrected chi connectivity index (χ3v) is 7.33. The van der Waals surface area contributed by atoms with E-state index in [4.69, 9.17) is 14.2 Å². The number of rotatable bonds is 10. The van der Waals surface area contributed by atoms with Crippen LogP contribution in [0.4, 0.5) is 0 Å². The summed E-state index contributed by atoms with van der Waals surface area (Å²) in [6.07, 6.45) is 2.00. The molecule has 2 aliphatic rings. The second kappa shape index (κ2) is 12.7. The molecule has 1 N–H and O–H groups in total. The van der Waals surface area contributed by atoms with Crippen LogP contribution in [0, 0.1) is 0 Å². The fourth-order valence-electron chi connectivity index (χ4n) is 5.47. The van der Waals surface area contributed by atoms with E-state index in [-0.39, 0.29) is 24.9 Å². The van der Waals surface area contributed by atoms with Gasteiger partial charge in [0.25, 0.3) is 0 Å². The fourth-order valence-corrected chi connectivity index (χ4v) is 5.47. The van der Waals surface area contributed by atoms with Crippen molar-refractivity contribution < 1.29 is 23.8 Å². The number of benzene rings is 3. The monoisotopic (exact) mass is 537 g/mol. The van der Waals surface area contributed by atoms with Crippen molar-refractivity contribution >= 4 is 11.8 Å².